The molecule has 3 rings (SSSR count). The maximum Gasteiger partial charge on any atom is 0.337 e. The summed E-state index contributed by atoms with van der Waals surface area (Å²) in [6.07, 6.45) is 5.47. The lowest BCUT2D eigenvalue weighted by molar-refractivity contribution is 0.0157. The van der Waals surface area contributed by atoms with Crippen LogP contribution in [0.5, 0.6) is 5.75 Å². The lowest BCUT2D eigenvalue weighted by Crippen LogP contribution is -2.50. The van der Waals surface area contributed by atoms with Gasteiger partial charge in [-0.15, -0.1) is 0 Å². The number of carbonyl (C=O) groups excluding carboxylic acids is 1. The molecule has 2 aliphatic heterocycles. The number of hydrogen-bond acceptors (Lipinski definition) is 5. The van der Waals surface area contributed by atoms with Crippen molar-refractivity contribution in [3.05, 3.63) is 41.7 Å². The van der Waals surface area contributed by atoms with E-state index >= 15 is 0 Å². The molecule has 2 atom stereocenters. The Labute approximate surface area is 131 Å². The van der Waals surface area contributed by atoms with Crippen molar-refractivity contribution in [2.75, 3.05) is 20.3 Å². The molecule has 1 fully saturated rings. The summed E-state index contributed by atoms with van der Waals surface area (Å²) in [7, 11) is 1.36. The molecule has 22 heavy (non-hydrogen) atoms. The van der Waals surface area contributed by atoms with Crippen LogP contribution in [0.25, 0.3) is 0 Å². The molecule has 0 aromatic heterocycles. The van der Waals surface area contributed by atoms with Gasteiger partial charge in [-0.25, -0.2) is 4.79 Å². The third-order valence-corrected chi connectivity index (χ3v) is 4.24. The summed E-state index contributed by atoms with van der Waals surface area (Å²) in [5.41, 5.74) is 1.11. The molecule has 0 amide bonds. The Balaban J connectivity index is 1.88. The second-order valence-corrected chi connectivity index (χ2v) is 5.51. The third-order valence-electron chi connectivity index (χ3n) is 4.24. The molecular weight excluding hydrogens is 282 g/mol. The van der Waals surface area contributed by atoms with E-state index in [1.807, 2.05) is 12.1 Å². The van der Waals surface area contributed by atoms with Gasteiger partial charge in [0.05, 0.1) is 30.6 Å². The highest BCUT2D eigenvalue weighted by atomic mass is 16.5. The highest BCUT2D eigenvalue weighted by Crippen LogP contribution is 2.41. The molecule has 1 unspecified atom stereocenters. The zero-order valence-corrected chi connectivity index (χ0v) is 12.6. The van der Waals surface area contributed by atoms with E-state index in [0.717, 1.165) is 24.9 Å². The molecule has 0 aliphatic carbocycles. The Bertz CT molecular complexity index is 619. The van der Waals surface area contributed by atoms with E-state index in [1.165, 1.54) is 7.11 Å². The van der Waals surface area contributed by atoms with Crippen LogP contribution in [-0.4, -0.2) is 32.3 Å². The number of fused-ring (bicyclic) bond motifs is 2. The quantitative estimate of drug-likeness (QED) is 0.869. The molecule has 1 saturated heterocycles. The number of nitrogens with one attached hydrogen (secondary N) is 1. The molecule has 5 nitrogen and oxygen atoms in total. The highest BCUT2D eigenvalue weighted by Gasteiger charge is 2.40. The largest absolute Gasteiger partial charge is 0.465 e. The Morgan fingerprint density at radius 2 is 2.50 bits per heavy atom. The summed E-state index contributed by atoms with van der Waals surface area (Å²) in [6, 6.07) is 5.37. The molecule has 5 heteroatoms. The standard InChI is InChI=1S/C17H21NO4/c1-3-21-13-6-8-18-17(11-13)7-9-22-15-10-12(16(19)20-2)4-5-14(15)17/h4-5,7,9-10,13,18H,3,6,8,11H2,1-2H3/t13?,17-/m1/s1/i1D. The van der Waals surface area contributed by atoms with E-state index in [-0.39, 0.29) is 24.5 Å². The van der Waals surface area contributed by atoms with E-state index in [2.05, 4.69) is 5.32 Å². The first-order valence-corrected chi connectivity index (χ1v) is 7.41. The topological polar surface area (TPSA) is 56.8 Å². The Morgan fingerprint density at radius 3 is 3.32 bits per heavy atom. The molecule has 1 spiro atoms. The van der Waals surface area contributed by atoms with Gasteiger partial charge in [-0.1, -0.05) is 6.07 Å². The maximum absolute atomic E-state index is 11.7. The summed E-state index contributed by atoms with van der Waals surface area (Å²) in [5, 5.41) is 3.55. The fourth-order valence-corrected chi connectivity index (χ4v) is 3.18. The Morgan fingerprint density at radius 1 is 1.59 bits per heavy atom. The average Bonchev–Trinajstić information content (AvgIpc) is 2.59. The molecule has 0 bridgehead atoms. The summed E-state index contributed by atoms with van der Waals surface area (Å²) in [6.45, 7) is 1.55. The van der Waals surface area contributed by atoms with Crippen LogP contribution in [0.3, 0.4) is 0 Å². The average molecular weight is 304 g/mol. The van der Waals surface area contributed by atoms with Crippen molar-refractivity contribution in [1.82, 2.24) is 5.32 Å². The van der Waals surface area contributed by atoms with Gasteiger partial charge in [-0.3, -0.25) is 0 Å². The number of methoxy groups -OCH3 is 1. The van der Waals surface area contributed by atoms with Gasteiger partial charge in [0.2, 0.25) is 0 Å². The van der Waals surface area contributed by atoms with Gasteiger partial charge in [-0.05, 0) is 44.5 Å². The number of esters is 1. The van der Waals surface area contributed by atoms with E-state index < -0.39 is 0 Å². The van der Waals surface area contributed by atoms with E-state index in [9.17, 15) is 4.79 Å². The van der Waals surface area contributed by atoms with Crippen molar-refractivity contribution in [1.29, 1.82) is 0 Å². The van der Waals surface area contributed by atoms with Crippen molar-refractivity contribution in [2.24, 2.45) is 0 Å². The van der Waals surface area contributed by atoms with Crippen molar-refractivity contribution in [3.63, 3.8) is 0 Å². The molecule has 118 valence electrons. The van der Waals surface area contributed by atoms with Gasteiger partial charge in [-0.2, -0.15) is 0 Å². The van der Waals surface area contributed by atoms with Gasteiger partial charge in [0.1, 0.15) is 5.75 Å². The third kappa shape index (κ3) is 2.62. The first-order valence-electron chi connectivity index (χ1n) is 8.12. The first kappa shape index (κ1) is 13.8. The smallest absolute Gasteiger partial charge is 0.337 e. The highest BCUT2D eigenvalue weighted by molar-refractivity contribution is 5.90. The summed E-state index contributed by atoms with van der Waals surface area (Å²) < 4.78 is 23.4. The summed E-state index contributed by atoms with van der Waals surface area (Å²) >= 11 is 0. The summed E-state index contributed by atoms with van der Waals surface area (Å²) in [5.74, 6) is 0.275. The maximum atomic E-state index is 11.7. The van der Waals surface area contributed by atoms with E-state index in [4.69, 9.17) is 15.6 Å². The first-order chi connectivity index (χ1) is 11.2. The van der Waals surface area contributed by atoms with Crippen molar-refractivity contribution in [3.8, 4) is 5.75 Å². The molecule has 1 aromatic rings. The number of piperidine rings is 1. The second-order valence-electron chi connectivity index (χ2n) is 5.51. The normalized spacial score (nSPS) is 27.0. The zero-order chi connectivity index (χ0) is 16.3. The molecule has 1 N–H and O–H groups in total. The van der Waals surface area contributed by atoms with Crippen molar-refractivity contribution >= 4 is 5.97 Å². The fraction of sp³-hybridized carbons (Fsp3) is 0.471. The Hall–Kier alpha value is -1.85. The second kappa shape index (κ2) is 6.10. The van der Waals surface area contributed by atoms with Crippen LogP contribution in [0.2, 0.25) is 0 Å². The van der Waals surface area contributed by atoms with Crippen molar-refractivity contribution in [2.45, 2.75) is 31.4 Å². The predicted molar refractivity (Wildman–Crippen MR) is 81.9 cm³/mol. The van der Waals surface area contributed by atoms with Gasteiger partial charge < -0.3 is 19.5 Å². The number of ether oxygens (including phenoxy) is 3. The van der Waals surface area contributed by atoms with Crippen LogP contribution < -0.4 is 10.1 Å². The lowest BCUT2D eigenvalue weighted by atomic mass is 9.79. The minimum atomic E-state index is -0.381. The molecule has 0 saturated carbocycles. The number of carbonyl (C=O) groups is 1. The van der Waals surface area contributed by atoms with E-state index in [0.29, 0.717) is 17.9 Å². The van der Waals surface area contributed by atoms with Crippen LogP contribution in [0.4, 0.5) is 0 Å². The number of benzene rings is 1. The van der Waals surface area contributed by atoms with Crippen LogP contribution in [0.1, 0.15) is 37.0 Å². The SMILES string of the molecule is [2H]CCOC1CCN[C@]2(C=COc3cc(C(=O)OC)ccc32)C1. The molecule has 1 aromatic carbocycles. The van der Waals surface area contributed by atoms with Crippen LogP contribution in [0, 0.1) is 0 Å². The predicted octanol–water partition coefficient (Wildman–Crippen LogP) is 2.36. The molecule has 2 heterocycles. The van der Waals surface area contributed by atoms with E-state index in [1.54, 1.807) is 18.4 Å². The number of hydrogen-bond donors (Lipinski definition) is 1. The minimum Gasteiger partial charge on any atom is -0.465 e. The lowest BCUT2D eigenvalue weighted by Gasteiger charge is -2.42. The van der Waals surface area contributed by atoms with Gasteiger partial charge >= 0.3 is 5.97 Å². The molecule has 0 radical (unpaired) electrons. The fourth-order valence-electron chi connectivity index (χ4n) is 3.18. The Kier molecular flexibility index (Phi) is 3.83. The number of rotatable bonds is 3. The van der Waals surface area contributed by atoms with Gasteiger partial charge in [0.25, 0.3) is 0 Å². The molecule has 2 aliphatic rings. The molecular formula is C17H21NO4. The zero-order valence-electron chi connectivity index (χ0n) is 13.6. The van der Waals surface area contributed by atoms with Crippen LogP contribution in [-0.2, 0) is 15.0 Å². The monoisotopic (exact) mass is 304 g/mol. The summed E-state index contributed by atoms with van der Waals surface area (Å²) in [4.78, 5) is 11.7. The van der Waals surface area contributed by atoms with Crippen molar-refractivity contribution < 1.29 is 20.4 Å². The van der Waals surface area contributed by atoms with Crippen LogP contribution >= 0.6 is 0 Å². The van der Waals surface area contributed by atoms with Gasteiger partial charge in [0.15, 0.2) is 0 Å². The van der Waals surface area contributed by atoms with Gasteiger partial charge in [0, 0.05) is 13.5 Å². The minimum absolute atomic E-state index is 0.109. The van der Waals surface area contributed by atoms with Crippen LogP contribution in [0.15, 0.2) is 30.5 Å².